The van der Waals surface area contributed by atoms with Crippen LogP contribution in [-0.4, -0.2) is 15.4 Å². The maximum absolute atomic E-state index is 9.76. The molecule has 1 aliphatic rings. The van der Waals surface area contributed by atoms with Crippen molar-refractivity contribution in [2.45, 2.75) is 24.1 Å². The minimum Gasteiger partial charge on any atom is -0.479 e. The van der Waals surface area contributed by atoms with E-state index in [1.165, 1.54) is 19.8 Å². The monoisotopic (exact) mass is 222 g/mol. The Labute approximate surface area is 87.8 Å². The average Bonchev–Trinajstić information content (AvgIpc) is 2.07. The van der Waals surface area contributed by atoms with Crippen molar-refractivity contribution in [3.63, 3.8) is 0 Å². The molecule has 0 saturated carbocycles. The molecule has 13 heavy (non-hydrogen) atoms. The molecule has 1 N–H and O–H groups in total. The van der Waals surface area contributed by atoms with Gasteiger partial charge in [-0.3, -0.25) is 0 Å². The van der Waals surface area contributed by atoms with Crippen LogP contribution in [0, 0.1) is 0 Å². The molecule has 1 rings (SSSR count). The van der Waals surface area contributed by atoms with E-state index in [4.69, 9.17) is 28.3 Å². The number of rotatable bonds is 1. The Morgan fingerprint density at radius 3 is 1.69 bits per heavy atom. The van der Waals surface area contributed by atoms with Gasteiger partial charge in [-0.15, -0.1) is 0 Å². The van der Waals surface area contributed by atoms with E-state index < -0.39 is 10.3 Å². The normalized spacial score (nSPS) is 14.7. The maximum Gasteiger partial charge on any atom is 0.339 e. The summed E-state index contributed by atoms with van der Waals surface area (Å²) < 4.78 is -1.64. The first-order valence-corrected chi connectivity index (χ1v) is 4.63. The Morgan fingerprint density at radius 1 is 1.31 bits per heavy atom. The van der Waals surface area contributed by atoms with Crippen molar-refractivity contribution in [2.75, 3.05) is 0 Å². The fraction of sp³-hybridized carbons (Fsp3) is 0.444. The van der Waals surface area contributed by atoms with E-state index in [9.17, 15) is 4.79 Å². The number of carbonyl (C=O) groups is 1. The molecule has 4 heteroatoms. The fourth-order valence-electron chi connectivity index (χ4n) is 0.542. The molecule has 0 saturated heterocycles. The smallest absolute Gasteiger partial charge is 0.339 e. The van der Waals surface area contributed by atoms with Crippen LogP contribution < -0.4 is 0 Å². The van der Waals surface area contributed by atoms with Crippen LogP contribution in [0.2, 0.25) is 0 Å². The van der Waals surface area contributed by atoms with Crippen LogP contribution >= 0.6 is 23.2 Å². The van der Waals surface area contributed by atoms with Crippen molar-refractivity contribution in [2.24, 2.45) is 0 Å². The molecule has 0 heterocycles. The fourth-order valence-corrected chi connectivity index (χ4v) is 0.542. The summed E-state index contributed by atoms with van der Waals surface area (Å²) in [5, 5.41) is 7.99. The van der Waals surface area contributed by atoms with Gasteiger partial charge in [0.2, 0.25) is 4.33 Å². The van der Waals surface area contributed by atoms with Gasteiger partial charge in [-0.1, -0.05) is 47.5 Å². The van der Waals surface area contributed by atoms with Gasteiger partial charge in [0.15, 0.2) is 0 Å². The van der Waals surface area contributed by atoms with Gasteiger partial charge in [0, 0.05) is 0 Å². The lowest BCUT2D eigenvalue weighted by Crippen LogP contribution is -2.19. The number of carboxylic acid groups (broad SMARTS) is 1. The summed E-state index contributed by atoms with van der Waals surface area (Å²) in [6.07, 6.45) is 11.0. The van der Waals surface area contributed by atoms with Crippen LogP contribution in [0.3, 0.4) is 0 Å². The quantitative estimate of drug-likeness (QED) is 0.693. The highest BCUT2D eigenvalue weighted by molar-refractivity contribution is 6.56. The summed E-state index contributed by atoms with van der Waals surface area (Å²) in [6, 6.07) is 0. The Morgan fingerprint density at radius 2 is 1.62 bits per heavy atom. The third-order valence-electron chi connectivity index (χ3n) is 1.26. The molecule has 0 radical (unpaired) electrons. The summed E-state index contributed by atoms with van der Waals surface area (Å²) in [4.78, 5) is 9.76. The van der Waals surface area contributed by atoms with Crippen LogP contribution in [0.1, 0.15) is 19.8 Å². The number of halogens is 2. The van der Waals surface area contributed by atoms with E-state index in [1.807, 2.05) is 0 Å². The molecular weight excluding hydrogens is 211 g/mol. The number of alkyl halides is 2. The van der Waals surface area contributed by atoms with Crippen LogP contribution in [0.25, 0.3) is 0 Å². The zero-order valence-corrected chi connectivity index (χ0v) is 8.85. The topological polar surface area (TPSA) is 37.3 Å². The first kappa shape index (κ1) is 12.5. The van der Waals surface area contributed by atoms with Crippen molar-refractivity contribution in [3.8, 4) is 0 Å². The van der Waals surface area contributed by atoms with E-state index in [-0.39, 0.29) is 0 Å². The molecule has 0 aliphatic heterocycles. The number of allylic oxidation sites excluding steroid dienone is 4. The predicted molar refractivity (Wildman–Crippen MR) is 55.3 cm³/mol. The van der Waals surface area contributed by atoms with Crippen LogP contribution in [0.15, 0.2) is 24.3 Å². The van der Waals surface area contributed by atoms with E-state index in [0.29, 0.717) is 0 Å². The van der Waals surface area contributed by atoms with Crippen LogP contribution in [0.5, 0.6) is 0 Å². The maximum atomic E-state index is 9.76. The molecule has 1 aliphatic carbocycles. The van der Waals surface area contributed by atoms with Gasteiger partial charge >= 0.3 is 5.97 Å². The van der Waals surface area contributed by atoms with Crippen LogP contribution in [0.4, 0.5) is 0 Å². The van der Waals surface area contributed by atoms with Gasteiger partial charge in [-0.25, -0.2) is 4.79 Å². The van der Waals surface area contributed by atoms with Crippen LogP contribution in [-0.2, 0) is 4.79 Å². The van der Waals surface area contributed by atoms with E-state index in [2.05, 4.69) is 24.3 Å². The largest absolute Gasteiger partial charge is 0.479 e. The Hall–Kier alpha value is -0.470. The second-order valence-corrected chi connectivity index (χ2v) is 4.33. The van der Waals surface area contributed by atoms with E-state index in [1.54, 1.807) is 0 Å². The highest BCUT2D eigenvalue weighted by Crippen LogP contribution is 2.18. The molecule has 0 spiro atoms. The molecular formula is C9H12Cl2O2. The highest BCUT2D eigenvalue weighted by Gasteiger charge is 2.25. The standard InChI is InChI=1S/C6H8.C3H4Cl2O2/c1-2-4-6-5-3-1;1-3(4,5)2(6)7/h1-4H,5-6H2;1H3,(H,6,7). The lowest BCUT2D eigenvalue weighted by molar-refractivity contribution is -0.137. The molecule has 0 fully saturated rings. The van der Waals surface area contributed by atoms with Crippen molar-refractivity contribution in [1.29, 1.82) is 0 Å². The number of hydrogen-bond donors (Lipinski definition) is 1. The third kappa shape index (κ3) is 7.88. The van der Waals surface area contributed by atoms with Crippen molar-refractivity contribution < 1.29 is 9.90 Å². The lowest BCUT2D eigenvalue weighted by Gasteiger charge is -2.02. The predicted octanol–water partition coefficient (Wildman–Crippen LogP) is 3.16. The molecule has 0 amide bonds. The Bertz CT molecular complexity index is 202. The molecule has 0 unspecified atom stereocenters. The minimum absolute atomic E-state index is 1.19. The Balaban J connectivity index is 0.000000223. The summed E-state index contributed by atoms with van der Waals surface area (Å²) in [6.45, 7) is 1.19. The molecule has 0 aromatic rings. The average molecular weight is 223 g/mol. The number of hydrogen-bond acceptors (Lipinski definition) is 1. The zero-order valence-electron chi connectivity index (χ0n) is 7.34. The van der Waals surface area contributed by atoms with Gasteiger partial charge < -0.3 is 5.11 Å². The molecule has 0 aromatic carbocycles. The van der Waals surface area contributed by atoms with Gasteiger partial charge in [0.05, 0.1) is 0 Å². The third-order valence-corrected chi connectivity index (χ3v) is 1.58. The second-order valence-electron chi connectivity index (χ2n) is 2.63. The lowest BCUT2D eigenvalue weighted by atomic mass is 10.2. The summed E-state index contributed by atoms with van der Waals surface area (Å²) in [7, 11) is 0. The summed E-state index contributed by atoms with van der Waals surface area (Å²) >= 11 is 10.1. The van der Waals surface area contributed by atoms with Gasteiger partial charge in [0.25, 0.3) is 0 Å². The van der Waals surface area contributed by atoms with Crippen molar-refractivity contribution >= 4 is 29.2 Å². The van der Waals surface area contributed by atoms with Crippen molar-refractivity contribution in [3.05, 3.63) is 24.3 Å². The first-order valence-electron chi connectivity index (χ1n) is 3.87. The summed E-state index contributed by atoms with van der Waals surface area (Å²) in [5.41, 5.74) is 0. The molecule has 0 atom stereocenters. The van der Waals surface area contributed by atoms with E-state index in [0.717, 1.165) is 0 Å². The minimum atomic E-state index is -1.64. The van der Waals surface area contributed by atoms with Gasteiger partial charge in [0.1, 0.15) is 0 Å². The zero-order chi connectivity index (χ0) is 10.3. The SMILES string of the molecule is C1=CCCC=C1.CC(Cl)(Cl)C(=O)O. The van der Waals surface area contributed by atoms with Gasteiger partial charge in [-0.05, 0) is 19.8 Å². The number of aliphatic carboxylic acids is 1. The molecule has 2 nitrogen and oxygen atoms in total. The number of carboxylic acids is 1. The van der Waals surface area contributed by atoms with E-state index >= 15 is 0 Å². The molecule has 74 valence electrons. The molecule has 0 bridgehead atoms. The first-order chi connectivity index (χ1) is 5.94. The van der Waals surface area contributed by atoms with Gasteiger partial charge in [-0.2, -0.15) is 0 Å². The Kier molecular flexibility index (Phi) is 5.84. The molecule has 0 aromatic heterocycles. The summed E-state index contributed by atoms with van der Waals surface area (Å²) in [5.74, 6) is -1.23. The second kappa shape index (κ2) is 6.06. The van der Waals surface area contributed by atoms with Crippen molar-refractivity contribution in [1.82, 2.24) is 0 Å². The highest BCUT2D eigenvalue weighted by atomic mass is 35.5.